The van der Waals surface area contributed by atoms with Crippen LogP contribution in [0.5, 0.6) is 0 Å². The second-order valence-corrected chi connectivity index (χ2v) is 6.42. The molecule has 0 spiro atoms. The zero-order chi connectivity index (χ0) is 12.8. The first-order chi connectivity index (χ1) is 8.79. The van der Waals surface area contributed by atoms with Crippen molar-refractivity contribution in [2.75, 3.05) is 13.1 Å². The Hall–Kier alpha value is -0.370. The first-order valence-corrected chi connectivity index (χ1v) is 8.00. The van der Waals surface area contributed by atoms with Crippen molar-refractivity contribution in [1.29, 1.82) is 0 Å². The van der Waals surface area contributed by atoms with Gasteiger partial charge in [-0.3, -0.25) is 4.90 Å². The molecular formula is C16H29NO. The van der Waals surface area contributed by atoms with Crippen molar-refractivity contribution < 1.29 is 4.79 Å². The lowest BCUT2D eigenvalue weighted by Crippen LogP contribution is -2.46. The van der Waals surface area contributed by atoms with Crippen LogP contribution >= 0.6 is 0 Å². The highest BCUT2D eigenvalue weighted by Crippen LogP contribution is 2.35. The van der Waals surface area contributed by atoms with Gasteiger partial charge in [-0.1, -0.05) is 39.0 Å². The van der Waals surface area contributed by atoms with Gasteiger partial charge in [-0.2, -0.15) is 0 Å². The van der Waals surface area contributed by atoms with Crippen LogP contribution in [-0.2, 0) is 4.79 Å². The Labute approximate surface area is 112 Å². The van der Waals surface area contributed by atoms with Crippen molar-refractivity contribution in [1.82, 2.24) is 4.90 Å². The number of likely N-dealkylation sites (tertiary alicyclic amines) is 1. The SMILES string of the molecule is CCC1CCCCN1CC1(C=O)CCCCCC1. The molecule has 1 saturated carbocycles. The van der Waals surface area contributed by atoms with Crippen LogP contribution in [0, 0.1) is 5.41 Å². The number of carbonyl (C=O) groups excluding carboxylic acids is 1. The van der Waals surface area contributed by atoms with Crippen molar-refractivity contribution in [3.8, 4) is 0 Å². The minimum Gasteiger partial charge on any atom is -0.303 e. The number of aldehydes is 1. The van der Waals surface area contributed by atoms with Gasteiger partial charge in [0.25, 0.3) is 0 Å². The van der Waals surface area contributed by atoms with Crippen LogP contribution in [0.4, 0.5) is 0 Å². The first kappa shape index (κ1) is 14.0. The van der Waals surface area contributed by atoms with Gasteiger partial charge in [0.2, 0.25) is 0 Å². The Balaban J connectivity index is 2.00. The Morgan fingerprint density at radius 2 is 1.83 bits per heavy atom. The van der Waals surface area contributed by atoms with E-state index in [4.69, 9.17) is 0 Å². The number of hydrogen-bond donors (Lipinski definition) is 0. The van der Waals surface area contributed by atoms with Crippen LogP contribution in [0.2, 0.25) is 0 Å². The highest BCUT2D eigenvalue weighted by molar-refractivity contribution is 5.59. The summed E-state index contributed by atoms with van der Waals surface area (Å²) < 4.78 is 0. The highest BCUT2D eigenvalue weighted by atomic mass is 16.1. The van der Waals surface area contributed by atoms with Crippen LogP contribution in [0.1, 0.15) is 71.1 Å². The van der Waals surface area contributed by atoms with Gasteiger partial charge < -0.3 is 4.79 Å². The highest BCUT2D eigenvalue weighted by Gasteiger charge is 2.35. The van der Waals surface area contributed by atoms with Gasteiger partial charge in [-0.25, -0.2) is 0 Å². The van der Waals surface area contributed by atoms with Crippen LogP contribution in [0.3, 0.4) is 0 Å². The van der Waals surface area contributed by atoms with Crippen LogP contribution in [-0.4, -0.2) is 30.3 Å². The van der Waals surface area contributed by atoms with Gasteiger partial charge in [0.15, 0.2) is 0 Å². The molecule has 18 heavy (non-hydrogen) atoms. The van der Waals surface area contributed by atoms with E-state index in [-0.39, 0.29) is 5.41 Å². The van der Waals surface area contributed by atoms with E-state index < -0.39 is 0 Å². The van der Waals surface area contributed by atoms with Crippen molar-refractivity contribution in [3.63, 3.8) is 0 Å². The van der Waals surface area contributed by atoms with E-state index in [2.05, 4.69) is 11.8 Å². The van der Waals surface area contributed by atoms with E-state index in [1.54, 1.807) is 0 Å². The van der Waals surface area contributed by atoms with E-state index in [9.17, 15) is 4.79 Å². The standard InChI is InChI=1S/C16H29NO/c1-2-15-9-5-8-12-17(15)13-16(14-18)10-6-3-4-7-11-16/h14-15H,2-13H2,1H3. The molecule has 1 unspecified atom stereocenters. The van der Waals surface area contributed by atoms with E-state index >= 15 is 0 Å². The second kappa shape index (κ2) is 6.70. The molecule has 2 heteroatoms. The van der Waals surface area contributed by atoms with Gasteiger partial charge in [0.1, 0.15) is 6.29 Å². The van der Waals surface area contributed by atoms with Crippen molar-refractivity contribution >= 4 is 6.29 Å². The third-order valence-corrected chi connectivity index (χ3v) is 5.09. The Morgan fingerprint density at radius 1 is 1.11 bits per heavy atom. The van der Waals surface area contributed by atoms with Gasteiger partial charge in [-0.15, -0.1) is 0 Å². The Kier molecular flexibility index (Phi) is 5.23. The van der Waals surface area contributed by atoms with E-state index in [1.165, 1.54) is 64.2 Å². The smallest absolute Gasteiger partial charge is 0.127 e. The van der Waals surface area contributed by atoms with Crippen LogP contribution in [0.25, 0.3) is 0 Å². The largest absolute Gasteiger partial charge is 0.303 e. The predicted molar refractivity (Wildman–Crippen MR) is 75.7 cm³/mol. The predicted octanol–water partition coefficient (Wildman–Crippen LogP) is 3.79. The molecule has 0 aromatic rings. The summed E-state index contributed by atoms with van der Waals surface area (Å²) >= 11 is 0. The minimum atomic E-state index is -0.0126. The monoisotopic (exact) mass is 251 g/mol. The normalized spacial score (nSPS) is 29.7. The summed E-state index contributed by atoms with van der Waals surface area (Å²) in [5.74, 6) is 0. The number of hydrogen-bond acceptors (Lipinski definition) is 2. The number of nitrogens with zero attached hydrogens (tertiary/aromatic N) is 1. The molecule has 1 saturated heterocycles. The fourth-order valence-electron chi connectivity index (χ4n) is 3.88. The van der Waals surface area contributed by atoms with E-state index in [1.807, 2.05) is 0 Å². The molecule has 1 aliphatic heterocycles. The summed E-state index contributed by atoms with van der Waals surface area (Å²) in [5, 5.41) is 0. The molecule has 2 aliphatic rings. The van der Waals surface area contributed by atoms with Gasteiger partial charge in [0.05, 0.1) is 0 Å². The zero-order valence-electron chi connectivity index (χ0n) is 12.0. The molecule has 0 aromatic heterocycles. The lowest BCUT2D eigenvalue weighted by atomic mass is 9.80. The molecule has 2 rings (SSSR count). The Bertz CT molecular complexity index is 256. The second-order valence-electron chi connectivity index (χ2n) is 6.42. The van der Waals surface area contributed by atoms with Gasteiger partial charge in [0, 0.05) is 18.0 Å². The van der Waals surface area contributed by atoms with Crippen molar-refractivity contribution in [2.45, 2.75) is 77.2 Å². The minimum absolute atomic E-state index is 0.0126. The maximum absolute atomic E-state index is 11.7. The lowest BCUT2D eigenvalue weighted by Gasteiger charge is -2.41. The molecule has 2 nitrogen and oxygen atoms in total. The van der Waals surface area contributed by atoms with Gasteiger partial charge in [-0.05, 0) is 38.6 Å². The maximum atomic E-state index is 11.7. The fourth-order valence-corrected chi connectivity index (χ4v) is 3.88. The molecular weight excluding hydrogens is 222 g/mol. The van der Waals surface area contributed by atoms with Crippen LogP contribution < -0.4 is 0 Å². The molecule has 0 radical (unpaired) electrons. The summed E-state index contributed by atoms with van der Waals surface area (Å²) in [5.41, 5.74) is -0.0126. The third-order valence-electron chi connectivity index (χ3n) is 5.09. The fraction of sp³-hybridized carbons (Fsp3) is 0.938. The first-order valence-electron chi connectivity index (χ1n) is 8.00. The Morgan fingerprint density at radius 3 is 2.44 bits per heavy atom. The zero-order valence-corrected chi connectivity index (χ0v) is 12.0. The molecule has 0 bridgehead atoms. The van der Waals surface area contributed by atoms with Crippen molar-refractivity contribution in [3.05, 3.63) is 0 Å². The summed E-state index contributed by atoms with van der Waals surface area (Å²) in [6, 6.07) is 0.735. The molecule has 1 aliphatic carbocycles. The topological polar surface area (TPSA) is 20.3 Å². The third kappa shape index (κ3) is 3.34. The summed E-state index contributed by atoms with van der Waals surface area (Å²) in [7, 11) is 0. The van der Waals surface area contributed by atoms with Gasteiger partial charge >= 0.3 is 0 Å². The average Bonchev–Trinajstić information content (AvgIpc) is 2.66. The molecule has 1 atom stereocenters. The quantitative estimate of drug-likeness (QED) is 0.559. The van der Waals surface area contributed by atoms with E-state index in [0.717, 1.165) is 25.4 Å². The molecule has 0 aromatic carbocycles. The lowest BCUT2D eigenvalue weighted by molar-refractivity contribution is -0.118. The molecule has 0 amide bonds. The maximum Gasteiger partial charge on any atom is 0.127 e. The van der Waals surface area contributed by atoms with Crippen molar-refractivity contribution in [2.24, 2.45) is 5.41 Å². The number of carbonyl (C=O) groups is 1. The molecule has 1 heterocycles. The molecule has 0 N–H and O–H groups in total. The summed E-state index contributed by atoms with van der Waals surface area (Å²) in [4.78, 5) is 14.3. The molecule has 2 fully saturated rings. The van der Waals surface area contributed by atoms with E-state index in [0.29, 0.717) is 0 Å². The average molecular weight is 251 g/mol. The molecule has 104 valence electrons. The summed E-state index contributed by atoms with van der Waals surface area (Å²) in [6.45, 7) is 4.55. The number of rotatable bonds is 4. The summed E-state index contributed by atoms with van der Waals surface area (Å²) in [6.07, 6.45) is 14.0. The van der Waals surface area contributed by atoms with Crippen LogP contribution in [0.15, 0.2) is 0 Å². The number of piperidine rings is 1.